The lowest BCUT2D eigenvalue weighted by molar-refractivity contribution is -0.137. The van der Waals surface area contributed by atoms with Gasteiger partial charge in [0.05, 0.1) is 18.5 Å². The molecule has 0 aliphatic carbocycles. The van der Waals surface area contributed by atoms with Crippen molar-refractivity contribution in [3.8, 4) is 0 Å². The molecule has 104 valence electrons. The third-order valence-electron chi connectivity index (χ3n) is 2.95. The number of carboxylic acids is 1. The van der Waals surface area contributed by atoms with Gasteiger partial charge in [0.15, 0.2) is 0 Å². The number of carboxylic acid groups (broad SMARTS) is 1. The summed E-state index contributed by atoms with van der Waals surface area (Å²) in [6.07, 6.45) is 0.541. The van der Waals surface area contributed by atoms with Gasteiger partial charge in [0.25, 0.3) is 0 Å². The minimum absolute atomic E-state index is 0.0920. The number of rotatable bonds is 6. The maximum atomic E-state index is 10.5. The molecule has 1 saturated heterocycles. The first-order valence-electron chi connectivity index (χ1n) is 6.07. The highest BCUT2D eigenvalue weighted by Crippen LogP contribution is 2.35. The lowest BCUT2D eigenvalue weighted by atomic mass is 10.0. The van der Waals surface area contributed by atoms with Gasteiger partial charge in [-0.1, -0.05) is 6.07 Å². The fourth-order valence-electron chi connectivity index (χ4n) is 1.75. The predicted octanol–water partition coefficient (Wildman–Crippen LogP) is 2.80. The minimum atomic E-state index is -0.813. The largest absolute Gasteiger partial charge is 0.481 e. The molecule has 6 heteroatoms. The molecular weight excluding hydrogens is 330 g/mol. The van der Waals surface area contributed by atoms with Crippen LogP contribution in [0, 0.1) is 0 Å². The van der Waals surface area contributed by atoms with Crippen LogP contribution < -0.4 is 5.73 Å². The predicted molar refractivity (Wildman–Crippen MR) is 78.4 cm³/mol. The number of halogens is 1. The molecular formula is C13H16BrNO3S. The van der Waals surface area contributed by atoms with Crippen molar-refractivity contribution >= 4 is 33.7 Å². The Hall–Kier alpha value is -0.560. The molecule has 1 aliphatic rings. The summed E-state index contributed by atoms with van der Waals surface area (Å²) >= 11 is 5.33. The summed E-state index contributed by atoms with van der Waals surface area (Å²) in [7, 11) is 0. The zero-order valence-electron chi connectivity index (χ0n) is 10.3. The summed E-state index contributed by atoms with van der Waals surface area (Å²) in [6.45, 7) is 1.61. The van der Waals surface area contributed by atoms with Crippen molar-refractivity contribution in [1.29, 1.82) is 0 Å². The molecule has 1 fully saturated rings. The molecule has 0 bridgehead atoms. The van der Waals surface area contributed by atoms with Gasteiger partial charge in [-0.05, 0) is 40.0 Å². The van der Waals surface area contributed by atoms with E-state index in [-0.39, 0.29) is 12.5 Å². The summed E-state index contributed by atoms with van der Waals surface area (Å²) < 4.78 is 6.16. The van der Waals surface area contributed by atoms with Crippen LogP contribution in [0.5, 0.6) is 0 Å². The second-order valence-corrected chi connectivity index (χ2v) is 6.70. The van der Waals surface area contributed by atoms with Gasteiger partial charge in [-0.3, -0.25) is 4.79 Å². The van der Waals surface area contributed by atoms with E-state index in [1.54, 1.807) is 11.8 Å². The van der Waals surface area contributed by atoms with Crippen LogP contribution in [0.4, 0.5) is 0 Å². The molecule has 2 rings (SSSR count). The van der Waals surface area contributed by atoms with E-state index in [0.717, 1.165) is 23.2 Å². The van der Waals surface area contributed by atoms with E-state index in [0.29, 0.717) is 11.7 Å². The summed E-state index contributed by atoms with van der Waals surface area (Å²) in [5, 5.41) is 9.19. The van der Waals surface area contributed by atoms with Crippen LogP contribution in [-0.4, -0.2) is 29.5 Å². The normalized spacial score (nSPS) is 16.9. The number of hydrogen-bond donors (Lipinski definition) is 2. The molecule has 4 nitrogen and oxygen atoms in total. The van der Waals surface area contributed by atoms with Crippen LogP contribution in [0.25, 0.3) is 0 Å². The summed E-state index contributed by atoms with van der Waals surface area (Å²) in [4.78, 5) is 11.7. The SMILES string of the molecule is NC(CCC(=O)O)c1ccc(SC2COC2)c(Br)c1. The molecule has 1 heterocycles. The molecule has 0 saturated carbocycles. The van der Waals surface area contributed by atoms with Crippen molar-refractivity contribution in [2.24, 2.45) is 5.73 Å². The molecule has 0 spiro atoms. The monoisotopic (exact) mass is 345 g/mol. The molecule has 0 radical (unpaired) electrons. The fraction of sp³-hybridized carbons (Fsp3) is 0.462. The van der Waals surface area contributed by atoms with Crippen LogP contribution in [-0.2, 0) is 9.53 Å². The Kier molecular flexibility index (Phi) is 5.27. The first-order valence-corrected chi connectivity index (χ1v) is 7.74. The van der Waals surface area contributed by atoms with Crippen LogP contribution in [0.1, 0.15) is 24.4 Å². The zero-order chi connectivity index (χ0) is 13.8. The van der Waals surface area contributed by atoms with E-state index in [9.17, 15) is 4.79 Å². The Morgan fingerprint density at radius 3 is 2.84 bits per heavy atom. The summed E-state index contributed by atoms with van der Waals surface area (Å²) in [6, 6.07) is 5.75. The molecule has 3 N–H and O–H groups in total. The quantitative estimate of drug-likeness (QED) is 0.829. The molecule has 1 aromatic carbocycles. The van der Waals surface area contributed by atoms with Gasteiger partial charge in [0.1, 0.15) is 0 Å². The van der Waals surface area contributed by atoms with E-state index in [4.69, 9.17) is 15.6 Å². The first-order chi connectivity index (χ1) is 9.06. The number of carbonyl (C=O) groups is 1. The van der Waals surface area contributed by atoms with E-state index in [1.165, 1.54) is 4.90 Å². The van der Waals surface area contributed by atoms with Gasteiger partial charge in [-0.15, -0.1) is 11.8 Å². The second kappa shape index (κ2) is 6.74. The molecule has 19 heavy (non-hydrogen) atoms. The van der Waals surface area contributed by atoms with E-state index >= 15 is 0 Å². The molecule has 1 atom stereocenters. The number of aliphatic carboxylic acids is 1. The molecule has 0 aromatic heterocycles. The molecule has 0 amide bonds. The standard InChI is InChI=1S/C13H16BrNO3S/c14-10-5-8(11(15)2-4-13(16)17)1-3-12(10)19-9-6-18-7-9/h1,3,5,9,11H,2,4,6-7,15H2,(H,16,17). The topological polar surface area (TPSA) is 72.6 Å². The molecule has 1 aromatic rings. The first kappa shape index (κ1) is 14.8. The van der Waals surface area contributed by atoms with Crippen molar-refractivity contribution in [2.75, 3.05) is 13.2 Å². The Morgan fingerprint density at radius 1 is 1.58 bits per heavy atom. The number of nitrogens with two attached hydrogens (primary N) is 1. The van der Waals surface area contributed by atoms with Gasteiger partial charge >= 0.3 is 5.97 Å². The third-order valence-corrected chi connectivity index (χ3v) is 5.09. The molecule has 1 aliphatic heterocycles. The Labute approximate surface area is 124 Å². The molecule has 1 unspecified atom stereocenters. The van der Waals surface area contributed by atoms with Crippen molar-refractivity contribution in [3.63, 3.8) is 0 Å². The van der Waals surface area contributed by atoms with Crippen LogP contribution >= 0.6 is 27.7 Å². The Bertz CT molecular complexity index is 465. The average Bonchev–Trinajstić information content (AvgIpc) is 2.32. The van der Waals surface area contributed by atoms with E-state index in [1.807, 2.05) is 18.2 Å². The lowest BCUT2D eigenvalue weighted by Gasteiger charge is -2.25. The van der Waals surface area contributed by atoms with Crippen molar-refractivity contribution < 1.29 is 14.6 Å². The van der Waals surface area contributed by atoms with Crippen molar-refractivity contribution in [1.82, 2.24) is 0 Å². The highest BCUT2D eigenvalue weighted by atomic mass is 79.9. The third kappa shape index (κ3) is 4.21. The average molecular weight is 346 g/mol. The fourth-order valence-corrected chi connectivity index (χ4v) is 3.43. The van der Waals surface area contributed by atoms with Gasteiger partial charge in [0, 0.05) is 21.8 Å². The summed E-state index contributed by atoms with van der Waals surface area (Å²) in [5.41, 5.74) is 6.95. The maximum absolute atomic E-state index is 10.5. The number of ether oxygens (including phenoxy) is 1. The van der Waals surface area contributed by atoms with Gasteiger partial charge in [-0.2, -0.15) is 0 Å². The van der Waals surface area contributed by atoms with Crippen LogP contribution in [0.3, 0.4) is 0 Å². The number of hydrogen-bond acceptors (Lipinski definition) is 4. The lowest BCUT2D eigenvalue weighted by Crippen LogP contribution is -2.30. The number of benzene rings is 1. The minimum Gasteiger partial charge on any atom is -0.481 e. The summed E-state index contributed by atoms with van der Waals surface area (Å²) in [5.74, 6) is -0.813. The van der Waals surface area contributed by atoms with E-state index in [2.05, 4.69) is 15.9 Å². The maximum Gasteiger partial charge on any atom is 0.303 e. The zero-order valence-corrected chi connectivity index (χ0v) is 12.7. The highest BCUT2D eigenvalue weighted by Gasteiger charge is 2.21. The number of thioether (sulfide) groups is 1. The smallest absolute Gasteiger partial charge is 0.303 e. The second-order valence-electron chi connectivity index (χ2n) is 4.51. The van der Waals surface area contributed by atoms with Gasteiger partial charge < -0.3 is 15.6 Å². The Morgan fingerprint density at radius 2 is 2.32 bits per heavy atom. The highest BCUT2D eigenvalue weighted by molar-refractivity contribution is 9.10. The van der Waals surface area contributed by atoms with Crippen molar-refractivity contribution in [2.45, 2.75) is 29.0 Å². The van der Waals surface area contributed by atoms with Crippen LogP contribution in [0.15, 0.2) is 27.6 Å². The van der Waals surface area contributed by atoms with Crippen molar-refractivity contribution in [3.05, 3.63) is 28.2 Å². The van der Waals surface area contributed by atoms with Gasteiger partial charge in [-0.25, -0.2) is 0 Å². The van der Waals surface area contributed by atoms with Crippen LogP contribution in [0.2, 0.25) is 0 Å². The van der Waals surface area contributed by atoms with E-state index < -0.39 is 5.97 Å². The Balaban J connectivity index is 1.98. The van der Waals surface area contributed by atoms with Gasteiger partial charge in [0.2, 0.25) is 0 Å².